The molecule has 6 heteroatoms. The summed E-state index contributed by atoms with van der Waals surface area (Å²) >= 11 is 0. The Hall–Kier alpha value is -1.63. The second-order valence-electron chi connectivity index (χ2n) is 5.07. The van der Waals surface area contributed by atoms with Gasteiger partial charge in [0.1, 0.15) is 5.76 Å². The molecule has 1 fully saturated rings. The molecule has 2 heterocycles. The summed E-state index contributed by atoms with van der Waals surface area (Å²) in [6, 6.07) is 12.4. The standard InChI is InChI=1S/C15H18N2O3S/c18-21(19,15-6-2-1-3-7-15)17-10-8-16(9-11-17)13-14-5-4-12-20-14/h1-7,12H,8-11,13H2. The molecule has 0 aliphatic carbocycles. The molecule has 0 unspecified atom stereocenters. The first kappa shape index (κ1) is 14.3. The second kappa shape index (κ2) is 6.01. The van der Waals surface area contributed by atoms with E-state index in [0.717, 1.165) is 12.3 Å². The van der Waals surface area contributed by atoms with Crippen molar-refractivity contribution in [2.75, 3.05) is 26.2 Å². The van der Waals surface area contributed by atoms with Crippen LogP contribution in [0.1, 0.15) is 5.76 Å². The highest BCUT2D eigenvalue weighted by atomic mass is 32.2. The van der Waals surface area contributed by atoms with Gasteiger partial charge >= 0.3 is 0 Å². The molecule has 0 amide bonds. The molecule has 1 aromatic heterocycles. The third-order valence-corrected chi connectivity index (χ3v) is 5.58. The highest BCUT2D eigenvalue weighted by molar-refractivity contribution is 7.89. The molecule has 0 atom stereocenters. The maximum Gasteiger partial charge on any atom is 0.243 e. The molecular formula is C15H18N2O3S. The Kier molecular flexibility index (Phi) is 4.10. The molecular weight excluding hydrogens is 288 g/mol. The monoisotopic (exact) mass is 306 g/mol. The Balaban J connectivity index is 1.63. The van der Waals surface area contributed by atoms with Gasteiger partial charge in [-0.05, 0) is 24.3 Å². The molecule has 5 nitrogen and oxygen atoms in total. The highest BCUT2D eigenvalue weighted by Gasteiger charge is 2.28. The maximum atomic E-state index is 12.5. The van der Waals surface area contributed by atoms with Gasteiger partial charge in [-0.3, -0.25) is 4.90 Å². The van der Waals surface area contributed by atoms with E-state index in [-0.39, 0.29) is 0 Å². The van der Waals surface area contributed by atoms with E-state index < -0.39 is 10.0 Å². The van der Waals surface area contributed by atoms with Crippen LogP contribution in [0, 0.1) is 0 Å². The number of piperazine rings is 1. The van der Waals surface area contributed by atoms with Crippen molar-refractivity contribution in [3.63, 3.8) is 0 Å². The lowest BCUT2D eigenvalue weighted by Gasteiger charge is -2.33. The average Bonchev–Trinajstić information content (AvgIpc) is 3.02. The van der Waals surface area contributed by atoms with E-state index in [1.54, 1.807) is 34.8 Å². The number of rotatable bonds is 4. The Labute approximate surface area is 124 Å². The zero-order valence-corrected chi connectivity index (χ0v) is 12.5. The fourth-order valence-electron chi connectivity index (χ4n) is 2.49. The lowest BCUT2D eigenvalue weighted by atomic mass is 10.3. The van der Waals surface area contributed by atoms with Gasteiger partial charge < -0.3 is 4.42 Å². The van der Waals surface area contributed by atoms with Gasteiger partial charge in [-0.2, -0.15) is 4.31 Å². The lowest BCUT2D eigenvalue weighted by Crippen LogP contribution is -2.48. The fraction of sp³-hybridized carbons (Fsp3) is 0.333. The first-order valence-corrected chi connectivity index (χ1v) is 8.40. The van der Waals surface area contributed by atoms with Crippen LogP contribution in [0.5, 0.6) is 0 Å². The molecule has 112 valence electrons. The summed E-state index contributed by atoms with van der Waals surface area (Å²) < 4.78 is 31.9. The maximum absolute atomic E-state index is 12.5. The molecule has 0 N–H and O–H groups in total. The molecule has 0 saturated carbocycles. The number of nitrogens with zero attached hydrogens (tertiary/aromatic N) is 2. The van der Waals surface area contributed by atoms with Crippen LogP contribution >= 0.6 is 0 Å². The SMILES string of the molecule is O=S(=O)(c1ccccc1)N1CCN(Cc2ccco2)CC1. The van der Waals surface area contributed by atoms with Gasteiger partial charge in [-0.25, -0.2) is 8.42 Å². The Morgan fingerprint density at radius 1 is 0.952 bits per heavy atom. The Morgan fingerprint density at radius 2 is 1.67 bits per heavy atom. The van der Waals surface area contributed by atoms with Crippen LogP contribution in [0.3, 0.4) is 0 Å². The Bertz CT molecular complexity index is 660. The van der Waals surface area contributed by atoms with Gasteiger partial charge in [-0.15, -0.1) is 0 Å². The number of sulfonamides is 1. The normalized spacial score (nSPS) is 17.9. The zero-order valence-electron chi connectivity index (χ0n) is 11.7. The highest BCUT2D eigenvalue weighted by Crippen LogP contribution is 2.18. The number of benzene rings is 1. The average molecular weight is 306 g/mol. The van der Waals surface area contributed by atoms with E-state index in [9.17, 15) is 8.42 Å². The quantitative estimate of drug-likeness (QED) is 0.864. The minimum Gasteiger partial charge on any atom is -0.468 e. The largest absolute Gasteiger partial charge is 0.468 e. The topological polar surface area (TPSA) is 53.8 Å². The van der Waals surface area contributed by atoms with Gasteiger partial charge in [0, 0.05) is 26.2 Å². The first-order chi connectivity index (χ1) is 10.2. The third-order valence-electron chi connectivity index (χ3n) is 3.67. The molecule has 0 radical (unpaired) electrons. The third kappa shape index (κ3) is 3.18. The van der Waals surface area contributed by atoms with Crippen LogP contribution < -0.4 is 0 Å². The van der Waals surface area contributed by atoms with Crippen molar-refractivity contribution in [3.8, 4) is 0 Å². The minimum absolute atomic E-state index is 0.365. The minimum atomic E-state index is -3.36. The van der Waals surface area contributed by atoms with Crippen LogP contribution in [-0.2, 0) is 16.6 Å². The van der Waals surface area contributed by atoms with E-state index in [0.29, 0.717) is 31.1 Å². The molecule has 0 bridgehead atoms. The first-order valence-electron chi connectivity index (χ1n) is 6.96. The van der Waals surface area contributed by atoms with Crippen molar-refractivity contribution in [1.29, 1.82) is 0 Å². The van der Waals surface area contributed by atoms with Crippen LogP contribution in [0.4, 0.5) is 0 Å². The molecule has 1 aliphatic heterocycles. The van der Waals surface area contributed by atoms with Crippen molar-refractivity contribution in [3.05, 3.63) is 54.5 Å². The fourth-order valence-corrected chi connectivity index (χ4v) is 3.94. The molecule has 0 spiro atoms. The zero-order chi connectivity index (χ0) is 14.7. The molecule has 21 heavy (non-hydrogen) atoms. The smallest absolute Gasteiger partial charge is 0.243 e. The van der Waals surface area contributed by atoms with E-state index >= 15 is 0 Å². The summed E-state index contributed by atoms with van der Waals surface area (Å²) in [4.78, 5) is 2.57. The van der Waals surface area contributed by atoms with E-state index in [1.807, 2.05) is 18.2 Å². The lowest BCUT2D eigenvalue weighted by molar-refractivity contribution is 0.171. The van der Waals surface area contributed by atoms with Crippen molar-refractivity contribution >= 4 is 10.0 Å². The van der Waals surface area contributed by atoms with Crippen LogP contribution in [0.25, 0.3) is 0 Å². The number of hydrogen-bond acceptors (Lipinski definition) is 4. The van der Waals surface area contributed by atoms with Gasteiger partial charge in [0.15, 0.2) is 0 Å². The second-order valence-corrected chi connectivity index (χ2v) is 7.01. The van der Waals surface area contributed by atoms with Gasteiger partial charge in [0.05, 0.1) is 17.7 Å². The van der Waals surface area contributed by atoms with Crippen LogP contribution in [0.2, 0.25) is 0 Å². The van der Waals surface area contributed by atoms with E-state index in [2.05, 4.69) is 4.90 Å². The molecule has 1 aromatic carbocycles. The van der Waals surface area contributed by atoms with Crippen molar-refractivity contribution in [2.24, 2.45) is 0 Å². The summed E-state index contributed by atoms with van der Waals surface area (Å²) in [5.74, 6) is 0.911. The van der Waals surface area contributed by atoms with Crippen molar-refractivity contribution in [2.45, 2.75) is 11.4 Å². The van der Waals surface area contributed by atoms with Gasteiger partial charge in [0.25, 0.3) is 0 Å². The number of furan rings is 1. The summed E-state index contributed by atoms with van der Waals surface area (Å²) in [6.07, 6.45) is 1.66. The van der Waals surface area contributed by atoms with Gasteiger partial charge in [-0.1, -0.05) is 18.2 Å². The summed E-state index contributed by atoms with van der Waals surface area (Å²) in [7, 11) is -3.36. The molecule has 1 aliphatic rings. The summed E-state index contributed by atoms with van der Waals surface area (Å²) in [5.41, 5.74) is 0. The van der Waals surface area contributed by atoms with E-state index in [4.69, 9.17) is 4.42 Å². The number of hydrogen-bond donors (Lipinski definition) is 0. The van der Waals surface area contributed by atoms with Crippen LogP contribution in [0.15, 0.2) is 58.0 Å². The van der Waals surface area contributed by atoms with E-state index in [1.165, 1.54) is 0 Å². The predicted octanol–water partition coefficient (Wildman–Crippen LogP) is 1.79. The van der Waals surface area contributed by atoms with Crippen molar-refractivity contribution in [1.82, 2.24) is 9.21 Å². The van der Waals surface area contributed by atoms with Crippen LogP contribution in [-0.4, -0.2) is 43.8 Å². The molecule has 2 aromatic rings. The molecule has 3 rings (SSSR count). The Morgan fingerprint density at radius 3 is 2.29 bits per heavy atom. The predicted molar refractivity (Wildman–Crippen MR) is 79.2 cm³/mol. The molecule has 1 saturated heterocycles. The van der Waals surface area contributed by atoms with Gasteiger partial charge in [0.2, 0.25) is 10.0 Å². The van der Waals surface area contributed by atoms with Crippen molar-refractivity contribution < 1.29 is 12.8 Å². The summed E-state index contributed by atoms with van der Waals surface area (Å²) in [5, 5.41) is 0. The summed E-state index contributed by atoms with van der Waals surface area (Å²) in [6.45, 7) is 3.18.